The minimum absolute atomic E-state index is 0.161. The van der Waals surface area contributed by atoms with Gasteiger partial charge in [0.2, 0.25) is 0 Å². The highest BCUT2D eigenvalue weighted by Gasteiger charge is 2.03. The van der Waals surface area contributed by atoms with Crippen LogP contribution in [0.25, 0.3) is 0 Å². The second-order valence-electron chi connectivity index (χ2n) is 4.23. The SMILES string of the molecule is CC(C)NCc1ccc(OCCCO)c(Br)c1. The molecule has 0 aliphatic rings. The number of nitrogens with one attached hydrogen (secondary N) is 1. The summed E-state index contributed by atoms with van der Waals surface area (Å²) in [7, 11) is 0. The van der Waals surface area contributed by atoms with Crippen LogP contribution in [-0.4, -0.2) is 24.4 Å². The van der Waals surface area contributed by atoms with Crippen molar-refractivity contribution in [1.82, 2.24) is 5.32 Å². The van der Waals surface area contributed by atoms with Crippen molar-refractivity contribution < 1.29 is 9.84 Å². The van der Waals surface area contributed by atoms with Gasteiger partial charge in [0.1, 0.15) is 5.75 Å². The van der Waals surface area contributed by atoms with E-state index in [-0.39, 0.29) is 6.61 Å². The van der Waals surface area contributed by atoms with E-state index < -0.39 is 0 Å². The Morgan fingerprint density at radius 1 is 1.41 bits per heavy atom. The molecule has 3 nitrogen and oxygen atoms in total. The first-order valence-electron chi connectivity index (χ1n) is 5.89. The highest BCUT2D eigenvalue weighted by atomic mass is 79.9. The van der Waals surface area contributed by atoms with Gasteiger partial charge in [-0.25, -0.2) is 0 Å². The maximum atomic E-state index is 8.68. The van der Waals surface area contributed by atoms with Crippen LogP contribution in [0.2, 0.25) is 0 Å². The van der Waals surface area contributed by atoms with Gasteiger partial charge in [0, 0.05) is 25.6 Å². The standard InChI is InChI=1S/C13H20BrNO2/c1-10(2)15-9-11-4-5-13(12(14)8-11)17-7-3-6-16/h4-5,8,10,15-16H,3,6-7,9H2,1-2H3. The third kappa shape index (κ3) is 5.52. The van der Waals surface area contributed by atoms with Crippen LogP contribution in [0.5, 0.6) is 5.75 Å². The van der Waals surface area contributed by atoms with E-state index in [1.165, 1.54) is 5.56 Å². The molecule has 4 heteroatoms. The number of hydrogen-bond donors (Lipinski definition) is 2. The molecule has 17 heavy (non-hydrogen) atoms. The van der Waals surface area contributed by atoms with Crippen LogP contribution in [0.4, 0.5) is 0 Å². The molecule has 0 aliphatic carbocycles. The smallest absolute Gasteiger partial charge is 0.133 e. The zero-order valence-electron chi connectivity index (χ0n) is 10.4. The first kappa shape index (κ1) is 14.5. The van der Waals surface area contributed by atoms with Gasteiger partial charge in [-0.2, -0.15) is 0 Å². The fraction of sp³-hybridized carbons (Fsp3) is 0.538. The highest BCUT2D eigenvalue weighted by molar-refractivity contribution is 9.10. The number of halogens is 1. The molecule has 0 aromatic heterocycles. The monoisotopic (exact) mass is 301 g/mol. The summed E-state index contributed by atoms with van der Waals surface area (Å²) in [5.41, 5.74) is 1.22. The molecule has 0 heterocycles. The van der Waals surface area contributed by atoms with Crippen LogP contribution in [0.1, 0.15) is 25.8 Å². The molecule has 0 atom stereocenters. The molecule has 1 rings (SSSR count). The summed E-state index contributed by atoms with van der Waals surface area (Å²) >= 11 is 3.49. The highest BCUT2D eigenvalue weighted by Crippen LogP contribution is 2.26. The fourth-order valence-corrected chi connectivity index (χ4v) is 1.88. The van der Waals surface area contributed by atoms with Crippen molar-refractivity contribution in [3.63, 3.8) is 0 Å². The van der Waals surface area contributed by atoms with Crippen molar-refractivity contribution in [2.24, 2.45) is 0 Å². The van der Waals surface area contributed by atoms with Crippen LogP contribution in [0, 0.1) is 0 Å². The molecule has 0 spiro atoms. The molecule has 1 aromatic carbocycles. The van der Waals surface area contributed by atoms with Crippen molar-refractivity contribution in [2.75, 3.05) is 13.2 Å². The summed E-state index contributed by atoms with van der Waals surface area (Å²) in [5, 5.41) is 12.0. The Hall–Kier alpha value is -0.580. The molecule has 0 unspecified atom stereocenters. The third-order valence-corrected chi connectivity index (χ3v) is 2.89. The summed E-state index contributed by atoms with van der Waals surface area (Å²) in [6.45, 7) is 5.81. The summed E-state index contributed by atoms with van der Waals surface area (Å²) in [4.78, 5) is 0. The van der Waals surface area contributed by atoms with Gasteiger partial charge in [0.25, 0.3) is 0 Å². The quantitative estimate of drug-likeness (QED) is 0.761. The van der Waals surface area contributed by atoms with Crippen molar-refractivity contribution in [2.45, 2.75) is 32.9 Å². The van der Waals surface area contributed by atoms with Gasteiger partial charge in [0.05, 0.1) is 11.1 Å². The van der Waals surface area contributed by atoms with Gasteiger partial charge in [-0.15, -0.1) is 0 Å². The minimum Gasteiger partial charge on any atom is -0.492 e. The molecule has 2 N–H and O–H groups in total. The van der Waals surface area contributed by atoms with Gasteiger partial charge in [-0.3, -0.25) is 0 Å². The zero-order valence-corrected chi connectivity index (χ0v) is 12.0. The van der Waals surface area contributed by atoms with Crippen molar-refractivity contribution in [3.05, 3.63) is 28.2 Å². The largest absolute Gasteiger partial charge is 0.492 e. The Morgan fingerprint density at radius 2 is 2.18 bits per heavy atom. The molecular weight excluding hydrogens is 282 g/mol. The fourth-order valence-electron chi connectivity index (χ4n) is 1.34. The Bertz CT molecular complexity index is 342. The number of aliphatic hydroxyl groups excluding tert-OH is 1. The second kappa shape index (κ2) is 7.69. The molecule has 0 saturated carbocycles. The molecule has 0 aliphatic heterocycles. The summed E-state index contributed by atoms with van der Waals surface area (Å²) in [6, 6.07) is 6.55. The molecule has 0 bridgehead atoms. The van der Waals surface area contributed by atoms with Crippen LogP contribution in [-0.2, 0) is 6.54 Å². The van der Waals surface area contributed by atoms with E-state index in [1.807, 2.05) is 6.07 Å². The average Bonchev–Trinajstić information content (AvgIpc) is 2.29. The predicted octanol–water partition coefficient (Wildman–Crippen LogP) is 2.71. The van der Waals surface area contributed by atoms with Gasteiger partial charge in [-0.05, 0) is 33.6 Å². The van der Waals surface area contributed by atoms with E-state index in [0.717, 1.165) is 16.8 Å². The van der Waals surface area contributed by atoms with Crippen LogP contribution in [0.15, 0.2) is 22.7 Å². The molecule has 0 saturated heterocycles. The lowest BCUT2D eigenvalue weighted by Crippen LogP contribution is -2.21. The van der Waals surface area contributed by atoms with Gasteiger partial charge in [-0.1, -0.05) is 19.9 Å². The Balaban J connectivity index is 2.53. The molecule has 96 valence electrons. The lowest BCUT2D eigenvalue weighted by Gasteiger charge is -2.11. The molecule has 0 amide bonds. The van der Waals surface area contributed by atoms with Crippen LogP contribution >= 0.6 is 15.9 Å². The minimum atomic E-state index is 0.161. The Morgan fingerprint density at radius 3 is 2.76 bits per heavy atom. The van der Waals surface area contributed by atoms with Gasteiger partial charge in [0.15, 0.2) is 0 Å². The van der Waals surface area contributed by atoms with E-state index in [0.29, 0.717) is 19.1 Å². The average molecular weight is 302 g/mol. The van der Waals surface area contributed by atoms with E-state index in [4.69, 9.17) is 9.84 Å². The van der Waals surface area contributed by atoms with Crippen molar-refractivity contribution in [3.8, 4) is 5.75 Å². The van der Waals surface area contributed by atoms with Gasteiger partial charge >= 0.3 is 0 Å². The first-order chi connectivity index (χ1) is 8.13. The van der Waals surface area contributed by atoms with E-state index in [1.54, 1.807) is 0 Å². The topological polar surface area (TPSA) is 41.5 Å². The van der Waals surface area contributed by atoms with E-state index in [9.17, 15) is 0 Å². The lowest BCUT2D eigenvalue weighted by atomic mass is 10.2. The number of aliphatic hydroxyl groups is 1. The van der Waals surface area contributed by atoms with Crippen LogP contribution < -0.4 is 10.1 Å². The van der Waals surface area contributed by atoms with E-state index >= 15 is 0 Å². The Labute approximate surface area is 111 Å². The second-order valence-corrected chi connectivity index (χ2v) is 5.08. The van der Waals surface area contributed by atoms with Crippen molar-refractivity contribution in [1.29, 1.82) is 0 Å². The molecular formula is C13H20BrNO2. The molecule has 0 radical (unpaired) electrons. The predicted molar refractivity (Wildman–Crippen MR) is 73.3 cm³/mol. The first-order valence-corrected chi connectivity index (χ1v) is 6.68. The summed E-state index contributed by atoms with van der Waals surface area (Å²) in [5.74, 6) is 0.826. The third-order valence-electron chi connectivity index (χ3n) is 2.27. The maximum absolute atomic E-state index is 8.68. The summed E-state index contributed by atoms with van der Waals surface area (Å²) in [6.07, 6.45) is 0.656. The van der Waals surface area contributed by atoms with Crippen LogP contribution in [0.3, 0.4) is 0 Å². The number of ether oxygens (including phenoxy) is 1. The summed E-state index contributed by atoms with van der Waals surface area (Å²) < 4.78 is 6.49. The molecule has 0 fully saturated rings. The molecule has 1 aromatic rings. The number of hydrogen-bond acceptors (Lipinski definition) is 3. The number of rotatable bonds is 7. The zero-order chi connectivity index (χ0) is 12.7. The van der Waals surface area contributed by atoms with Crippen molar-refractivity contribution >= 4 is 15.9 Å². The Kier molecular flexibility index (Phi) is 6.55. The van der Waals surface area contributed by atoms with E-state index in [2.05, 4.69) is 47.2 Å². The number of benzene rings is 1. The van der Waals surface area contributed by atoms with Gasteiger partial charge < -0.3 is 15.2 Å². The lowest BCUT2D eigenvalue weighted by molar-refractivity contribution is 0.233. The normalized spacial score (nSPS) is 10.9. The maximum Gasteiger partial charge on any atom is 0.133 e.